The van der Waals surface area contributed by atoms with Crippen LogP contribution in [0.4, 0.5) is 0 Å². The van der Waals surface area contributed by atoms with Crippen molar-refractivity contribution in [2.24, 2.45) is 11.7 Å². The van der Waals surface area contributed by atoms with E-state index in [1.807, 2.05) is 0 Å². The zero-order valence-corrected chi connectivity index (χ0v) is 7.01. The lowest BCUT2D eigenvalue weighted by atomic mass is 10.0. The third kappa shape index (κ3) is 3.70. The van der Waals surface area contributed by atoms with Gasteiger partial charge < -0.3 is 15.8 Å². The maximum atomic E-state index is 5.36. The van der Waals surface area contributed by atoms with Crippen LogP contribution in [0, 0.1) is 5.92 Å². The highest BCUT2D eigenvalue weighted by Gasteiger charge is 2.11. The molecular formula is C8H18N2O. The first-order valence-corrected chi connectivity index (χ1v) is 4.42. The van der Waals surface area contributed by atoms with Crippen LogP contribution < -0.4 is 11.1 Å². The maximum absolute atomic E-state index is 5.36. The molecule has 3 nitrogen and oxygen atoms in total. The summed E-state index contributed by atoms with van der Waals surface area (Å²) in [4.78, 5) is 0. The molecule has 0 amide bonds. The van der Waals surface area contributed by atoms with Gasteiger partial charge in [0.25, 0.3) is 0 Å². The second-order valence-corrected chi connectivity index (χ2v) is 3.08. The minimum absolute atomic E-state index is 0.639. The van der Waals surface area contributed by atoms with Gasteiger partial charge in [-0.15, -0.1) is 0 Å². The van der Waals surface area contributed by atoms with Crippen LogP contribution in [0.25, 0.3) is 0 Å². The fourth-order valence-corrected chi connectivity index (χ4v) is 1.40. The molecule has 0 radical (unpaired) electrons. The Bertz CT molecular complexity index is 92.1. The highest BCUT2D eigenvalue weighted by atomic mass is 16.5. The smallest absolute Gasteiger partial charge is 0.0588 e. The highest BCUT2D eigenvalue weighted by molar-refractivity contribution is 4.67. The monoisotopic (exact) mass is 158 g/mol. The van der Waals surface area contributed by atoms with Gasteiger partial charge >= 0.3 is 0 Å². The van der Waals surface area contributed by atoms with Crippen molar-refractivity contribution in [2.45, 2.75) is 12.8 Å². The molecule has 1 aliphatic rings. The Morgan fingerprint density at radius 2 is 2.45 bits per heavy atom. The van der Waals surface area contributed by atoms with Crippen LogP contribution in [0.5, 0.6) is 0 Å². The molecule has 0 aromatic rings. The number of rotatable bonds is 4. The summed E-state index contributed by atoms with van der Waals surface area (Å²) in [6.45, 7) is 4.51. The molecule has 3 N–H and O–H groups in total. The first kappa shape index (κ1) is 8.97. The Hall–Kier alpha value is -0.120. The van der Waals surface area contributed by atoms with Gasteiger partial charge in [-0.05, 0) is 25.3 Å². The van der Waals surface area contributed by atoms with Crippen LogP contribution in [0.2, 0.25) is 0 Å². The lowest BCUT2D eigenvalue weighted by Crippen LogP contribution is -2.32. The minimum atomic E-state index is 0.639. The van der Waals surface area contributed by atoms with Gasteiger partial charge in [0.15, 0.2) is 0 Å². The summed E-state index contributed by atoms with van der Waals surface area (Å²) >= 11 is 0. The van der Waals surface area contributed by atoms with Crippen molar-refractivity contribution in [1.29, 1.82) is 0 Å². The summed E-state index contributed by atoms with van der Waals surface area (Å²) in [6, 6.07) is 0. The molecule has 1 unspecified atom stereocenters. The van der Waals surface area contributed by atoms with Crippen molar-refractivity contribution in [3.63, 3.8) is 0 Å². The normalized spacial score (nSPS) is 25.4. The Labute approximate surface area is 68.3 Å². The van der Waals surface area contributed by atoms with Crippen LogP contribution in [-0.2, 0) is 4.74 Å². The molecule has 0 aromatic heterocycles. The molecule has 1 atom stereocenters. The largest absolute Gasteiger partial charge is 0.380 e. The van der Waals surface area contributed by atoms with Crippen molar-refractivity contribution in [2.75, 3.05) is 32.8 Å². The quantitative estimate of drug-likeness (QED) is 0.564. The van der Waals surface area contributed by atoms with E-state index >= 15 is 0 Å². The molecule has 0 aliphatic carbocycles. The summed E-state index contributed by atoms with van der Waals surface area (Å²) in [5.41, 5.74) is 5.30. The molecule has 11 heavy (non-hydrogen) atoms. The van der Waals surface area contributed by atoms with Gasteiger partial charge in [-0.1, -0.05) is 0 Å². The van der Waals surface area contributed by atoms with Crippen LogP contribution in [0.15, 0.2) is 0 Å². The van der Waals surface area contributed by atoms with Gasteiger partial charge in [-0.3, -0.25) is 0 Å². The second kappa shape index (κ2) is 5.52. The van der Waals surface area contributed by atoms with E-state index in [2.05, 4.69) is 5.32 Å². The summed E-state index contributed by atoms with van der Waals surface area (Å²) in [5.74, 6) is 0.718. The topological polar surface area (TPSA) is 47.3 Å². The molecule has 0 spiro atoms. The van der Waals surface area contributed by atoms with E-state index in [1.54, 1.807) is 0 Å². The summed E-state index contributed by atoms with van der Waals surface area (Å²) in [6.07, 6.45) is 2.59. The van der Waals surface area contributed by atoms with Gasteiger partial charge in [-0.2, -0.15) is 0 Å². The van der Waals surface area contributed by atoms with Crippen LogP contribution >= 0.6 is 0 Å². The summed E-state index contributed by atoms with van der Waals surface area (Å²) in [5, 5.41) is 3.35. The van der Waals surface area contributed by atoms with E-state index in [-0.39, 0.29) is 0 Å². The fraction of sp³-hybridized carbons (Fsp3) is 1.00. The molecule has 1 fully saturated rings. The molecule has 1 aliphatic heterocycles. The van der Waals surface area contributed by atoms with Crippen molar-refractivity contribution < 1.29 is 4.74 Å². The van der Waals surface area contributed by atoms with E-state index in [1.165, 1.54) is 19.4 Å². The maximum Gasteiger partial charge on any atom is 0.0588 e. The van der Waals surface area contributed by atoms with Crippen LogP contribution in [0.3, 0.4) is 0 Å². The molecular weight excluding hydrogens is 140 g/mol. The third-order valence-corrected chi connectivity index (χ3v) is 2.01. The van der Waals surface area contributed by atoms with E-state index in [4.69, 9.17) is 10.5 Å². The van der Waals surface area contributed by atoms with Crippen molar-refractivity contribution >= 4 is 0 Å². The molecule has 1 rings (SSSR count). The number of nitrogens with one attached hydrogen (secondary N) is 1. The Morgan fingerprint density at radius 1 is 1.55 bits per heavy atom. The van der Waals surface area contributed by atoms with E-state index < -0.39 is 0 Å². The number of hydrogen-bond donors (Lipinski definition) is 2. The van der Waals surface area contributed by atoms with Crippen LogP contribution in [-0.4, -0.2) is 32.8 Å². The van der Waals surface area contributed by atoms with E-state index in [9.17, 15) is 0 Å². The van der Waals surface area contributed by atoms with E-state index in [0.717, 1.165) is 19.1 Å². The summed E-state index contributed by atoms with van der Waals surface area (Å²) in [7, 11) is 0. The van der Waals surface area contributed by atoms with Crippen molar-refractivity contribution in [3.05, 3.63) is 0 Å². The zero-order valence-electron chi connectivity index (χ0n) is 7.01. The molecule has 0 saturated carbocycles. The summed E-state index contributed by atoms with van der Waals surface area (Å²) < 4.78 is 5.36. The first-order valence-electron chi connectivity index (χ1n) is 4.42. The zero-order chi connectivity index (χ0) is 7.94. The minimum Gasteiger partial charge on any atom is -0.380 e. The second-order valence-electron chi connectivity index (χ2n) is 3.08. The highest BCUT2D eigenvalue weighted by Crippen LogP contribution is 2.09. The molecule has 1 saturated heterocycles. The van der Waals surface area contributed by atoms with E-state index in [0.29, 0.717) is 13.2 Å². The van der Waals surface area contributed by atoms with Gasteiger partial charge in [0.1, 0.15) is 0 Å². The standard InChI is InChI=1S/C8H18N2O/c9-3-5-11-7-8-2-1-4-10-6-8/h8,10H,1-7,9H2. The predicted octanol–water partition coefficient (Wildman–Crippen LogP) is -0.0387. The average molecular weight is 158 g/mol. The number of piperidine rings is 1. The third-order valence-electron chi connectivity index (χ3n) is 2.01. The lowest BCUT2D eigenvalue weighted by molar-refractivity contribution is 0.0955. The number of hydrogen-bond acceptors (Lipinski definition) is 3. The van der Waals surface area contributed by atoms with Gasteiger partial charge in [0.2, 0.25) is 0 Å². The molecule has 0 bridgehead atoms. The Balaban J connectivity index is 1.96. The Kier molecular flexibility index (Phi) is 4.50. The first-order chi connectivity index (χ1) is 5.43. The molecule has 1 heterocycles. The van der Waals surface area contributed by atoms with Gasteiger partial charge in [0, 0.05) is 13.1 Å². The van der Waals surface area contributed by atoms with Crippen LogP contribution in [0.1, 0.15) is 12.8 Å². The average Bonchev–Trinajstić information content (AvgIpc) is 2.07. The SMILES string of the molecule is NCCOCC1CCCNC1. The molecule has 66 valence electrons. The predicted molar refractivity (Wildman–Crippen MR) is 45.5 cm³/mol. The van der Waals surface area contributed by atoms with Crippen molar-refractivity contribution in [3.8, 4) is 0 Å². The van der Waals surface area contributed by atoms with Gasteiger partial charge in [0.05, 0.1) is 13.2 Å². The fourth-order valence-electron chi connectivity index (χ4n) is 1.40. The van der Waals surface area contributed by atoms with Crippen molar-refractivity contribution in [1.82, 2.24) is 5.32 Å². The lowest BCUT2D eigenvalue weighted by Gasteiger charge is -2.22. The number of nitrogens with two attached hydrogens (primary N) is 1. The van der Waals surface area contributed by atoms with Gasteiger partial charge in [-0.25, -0.2) is 0 Å². The Morgan fingerprint density at radius 3 is 3.09 bits per heavy atom. The molecule has 0 aromatic carbocycles. The molecule has 3 heteroatoms. The number of ether oxygens (including phenoxy) is 1.